The lowest BCUT2D eigenvalue weighted by atomic mass is 9.75. The highest BCUT2D eigenvalue weighted by molar-refractivity contribution is 7.89. The van der Waals surface area contributed by atoms with Crippen molar-refractivity contribution in [1.29, 1.82) is 0 Å². The number of aromatic nitrogens is 1. The van der Waals surface area contributed by atoms with E-state index in [9.17, 15) is 23.0 Å². The molecular weight excluding hydrogens is 517 g/mol. The number of hydrogen-bond acceptors (Lipinski definition) is 6. The average molecular weight is 554 g/mol. The lowest BCUT2D eigenvalue weighted by Gasteiger charge is -2.37. The summed E-state index contributed by atoms with van der Waals surface area (Å²) in [6.07, 6.45) is 10.1. The van der Waals surface area contributed by atoms with Gasteiger partial charge in [-0.2, -0.15) is 0 Å². The molecule has 2 unspecified atom stereocenters. The zero-order valence-corrected chi connectivity index (χ0v) is 22.7. The first-order chi connectivity index (χ1) is 18.8. The molecule has 0 saturated heterocycles. The minimum atomic E-state index is -3.87. The number of halogens is 1. The molecule has 0 spiro atoms. The molecule has 3 aromatic rings. The highest BCUT2D eigenvalue weighted by atomic mass is 32.2. The normalized spacial score (nSPS) is 23.3. The van der Waals surface area contributed by atoms with E-state index in [0.717, 1.165) is 74.2 Å². The van der Waals surface area contributed by atoms with Crippen LogP contribution in [0, 0.1) is 17.7 Å². The first-order valence-electron chi connectivity index (χ1n) is 13.7. The Bertz CT molecular complexity index is 1380. The number of benzene rings is 2. The van der Waals surface area contributed by atoms with E-state index in [2.05, 4.69) is 21.1 Å². The second kappa shape index (κ2) is 12.0. The number of phenolic OH excluding ortho intramolecular Hbond substituents is 2. The van der Waals surface area contributed by atoms with Crippen molar-refractivity contribution in [2.24, 2.45) is 11.8 Å². The molecule has 2 aliphatic rings. The molecular formula is C30H36FN3O4S. The van der Waals surface area contributed by atoms with Crippen molar-refractivity contribution in [3.63, 3.8) is 0 Å². The molecule has 2 atom stereocenters. The van der Waals surface area contributed by atoms with Gasteiger partial charge in [-0.05, 0) is 110 Å². The summed E-state index contributed by atoms with van der Waals surface area (Å²) in [7, 11) is -3.87. The van der Waals surface area contributed by atoms with Crippen molar-refractivity contribution < 1.29 is 23.0 Å². The second-order valence-corrected chi connectivity index (χ2v) is 12.7. The van der Waals surface area contributed by atoms with Gasteiger partial charge in [-0.15, -0.1) is 0 Å². The minimum absolute atomic E-state index is 0.0757. The molecule has 5 rings (SSSR count). The molecule has 2 aliphatic carbocycles. The second-order valence-electron chi connectivity index (χ2n) is 10.9. The van der Waals surface area contributed by atoms with Gasteiger partial charge in [0, 0.05) is 30.9 Å². The molecule has 9 heteroatoms. The fourth-order valence-corrected chi connectivity index (χ4v) is 7.32. The number of phenols is 2. The minimum Gasteiger partial charge on any atom is -0.504 e. The van der Waals surface area contributed by atoms with Crippen LogP contribution in [0.25, 0.3) is 0 Å². The van der Waals surface area contributed by atoms with Gasteiger partial charge in [-0.1, -0.05) is 18.2 Å². The summed E-state index contributed by atoms with van der Waals surface area (Å²) in [5.74, 6) is -0.0215. The summed E-state index contributed by atoms with van der Waals surface area (Å²) in [6.45, 7) is 1.20. The van der Waals surface area contributed by atoms with Crippen LogP contribution in [0.15, 0.2) is 65.8 Å². The Morgan fingerprint density at radius 2 is 1.64 bits per heavy atom. The maximum atomic E-state index is 14.0. The van der Waals surface area contributed by atoms with Gasteiger partial charge in [0.25, 0.3) is 0 Å². The van der Waals surface area contributed by atoms with E-state index >= 15 is 0 Å². The third kappa shape index (κ3) is 6.59. The Morgan fingerprint density at radius 1 is 0.923 bits per heavy atom. The van der Waals surface area contributed by atoms with Gasteiger partial charge in [-0.25, -0.2) is 17.5 Å². The quantitative estimate of drug-likeness (QED) is 0.287. The molecule has 208 valence electrons. The Morgan fingerprint density at radius 3 is 2.36 bits per heavy atom. The molecule has 1 fully saturated rings. The highest BCUT2D eigenvalue weighted by Gasteiger charge is 2.32. The topological polar surface area (TPSA) is 112 Å². The fourth-order valence-electron chi connectivity index (χ4n) is 6.12. The van der Waals surface area contributed by atoms with E-state index in [4.69, 9.17) is 0 Å². The average Bonchev–Trinajstić information content (AvgIpc) is 2.94. The van der Waals surface area contributed by atoms with E-state index in [1.54, 1.807) is 18.3 Å². The molecule has 39 heavy (non-hydrogen) atoms. The highest BCUT2D eigenvalue weighted by Crippen LogP contribution is 2.40. The van der Waals surface area contributed by atoms with Crippen LogP contribution in [0.5, 0.6) is 11.5 Å². The molecule has 1 saturated carbocycles. The fraction of sp³-hybridized carbons (Fsp3) is 0.433. The van der Waals surface area contributed by atoms with E-state index in [1.807, 2.05) is 12.3 Å². The van der Waals surface area contributed by atoms with E-state index in [1.165, 1.54) is 18.2 Å². The standard InChI is InChI=1S/C30H36FN3O4S/c31-26-5-1-2-6-30(26)39(37,38)34-19-21-9-7-20(8-10-21)18-33-27-12-11-23-15-28(35)29(36)16-24(23)25(27)14-22-4-3-13-32-17-22/h1-6,13,15-17,20-21,25,27,33-36H,7-12,14,18-19H2. The van der Waals surface area contributed by atoms with Crippen molar-refractivity contribution in [3.8, 4) is 11.5 Å². The van der Waals surface area contributed by atoms with E-state index in [0.29, 0.717) is 12.5 Å². The number of aromatic hydroxyl groups is 2. The molecule has 0 aliphatic heterocycles. The predicted molar refractivity (Wildman–Crippen MR) is 148 cm³/mol. The number of aryl methyl sites for hydroxylation is 1. The van der Waals surface area contributed by atoms with Crippen molar-refractivity contribution in [2.75, 3.05) is 13.1 Å². The van der Waals surface area contributed by atoms with Crippen LogP contribution >= 0.6 is 0 Å². The van der Waals surface area contributed by atoms with Gasteiger partial charge in [0.05, 0.1) is 0 Å². The molecule has 4 N–H and O–H groups in total. The Balaban J connectivity index is 1.17. The monoisotopic (exact) mass is 553 g/mol. The lowest BCUT2D eigenvalue weighted by molar-refractivity contribution is 0.252. The summed E-state index contributed by atoms with van der Waals surface area (Å²) < 4.78 is 41.6. The van der Waals surface area contributed by atoms with Gasteiger partial charge >= 0.3 is 0 Å². The van der Waals surface area contributed by atoms with Crippen molar-refractivity contribution in [2.45, 2.75) is 61.8 Å². The lowest BCUT2D eigenvalue weighted by Crippen LogP contribution is -2.42. The number of hydrogen-bond donors (Lipinski definition) is 4. The van der Waals surface area contributed by atoms with Crippen LogP contribution in [-0.4, -0.2) is 42.7 Å². The van der Waals surface area contributed by atoms with Crippen molar-refractivity contribution in [1.82, 2.24) is 15.0 Å². The summed E-state index contributed by atoms with van der Waals surface area (Å²) in [5.41, 5.74) is 3.28. The van der Waals surface area contributed by atoms with Gasteiger partial charge in [0.2, 0.25) is 10.0 Å². The van der Waals surface area contributed by atoms with E-state index < -0.39 is 15.8 Å². The number of fused-ring (bicyclic) bond motifs is 1. The third-order valence-electron chi connectivity index (χ3n) is 8.35. The number of rotatable bonds is 9. The van der Waals surface area contributed by atoms with Gasteiger partial charge in [-0.3, -0.25) is 4.98 Å². The van der Waals surface area contributed by atoms with Gasteiger partial charge in [0.15, 0.2) is 11.5 Å². The van der Waals surface area contributed by atoms with Crippen molar-refractivity contribution >= 4 is 10.0 Å². The summed E-state index contributed by atoms with van der Waals surface area (Å²) in [4.78, 5) is 3.97. The predicted octanol–water partition coefficient (Wildman–Crippen LogP) is 4.65. The smallest absolute Gasteiger partial charge is 0.243 e. The zero-order chi connectivity index (χ0) is 27.4. The van der Waals surface area contributed by atoms with Crippen LogP contribution < -0.4 is 10.0 Å². The SMILES string of the molecule is O=S(=O)(NCC1CCC(CNC2CCc3cc(O)c(O)cc3C2Cc2cccnc2)CC1)c1ccccc1F. The summed E-state index contributed by atoms with van der Waals surface area (Å²) in [6, 6.07) is 13.1. The molecule has 0 radical (unpaired) electrons. The van der Waals surface area contributed by atoms with Crippen molar-refractivity contribution in [3.05, 3.63) is 83.4 Å². The van der Waals surface area contributed by atoms with Gasteiger partial charge in [0.1, 0.15) is 10.7 Å². The maximum absolute atomic E-state index is 14.0. The van der Waals surface area contributed by atoms with Gasteiger partial charge < -0.3 is 15.5 Å². The van der Waals surface area contributed by atoms with E-state index in [-0.39, 0.29) is 34.3 Å². The maximum Gasteiger partial charge on any atom is 0.243 e. The number of nitrogens with zero attached hydrogens (tertiary/aromatic N) is 1. The number of nitrogens with one attached hydrogen (secondary N) is 2. The number of pyridine rings is 1. The first-order valence-corrected chi connectivity index (χ1v) is 15.2. The molecule has 0 amide bonds. The van der Waals surface area contributed by atoms with Crippen LogP contribution in [0.3, 0.4) is 0 Å². The Labute approximate surface area is 229 Å². The molecule has 0 bridgehead atoms. The molecule has 1 aromatic heterocycles. The van der Waals surface area contributed by atoms with Crippen LogP contribution in [0.2, 0.25) is 0 Å². The number of sulfonamides is 1. The van der Waals surface area contributed by atoms with Crippen LogP contribution in [0.4, 0.5) is 4.39 Å². The first kappa shape index (κ1) is 27.6. The zero-order valence-electron chi connectivity index (χ0n) is 21.9. The molecule has 2 aromatic carbocycles. The van der Waals surface area contributed by atoms with Crippen LogP contribution in [-0.2, 0) is 22.9 Å². The largest absolute Gasteiger partial charge is 0.504 e. The molecule has 1 heterocycles. The summed E-state index contributed by atoms with van der Waals surface area (Å²) >= 11 is 0. The molecule has 7 nitrogen and oxygen atoms in total. The summed E-state index contributed by atoms with van der Waals surface area (Å²) in [5, 5.41) is 24.1. The third-order valence-corrected chi connectivity index (χ3v) is 9.80. The Kier molecular flexibility index (Phi) is 8.49. The Hall–Kier alpha value is -3.01. The van der Waals surface area contributed by atoms with Crippen LogP contribution in [0.1, 0.15) is 54.7 Å².